The van der Waals surface area contributed by atoms with E-state index in [2.05, 4.69) is 5.32 Å². The molecule has 1 aliphatic heterocycles. The number of nitrogens with zero attached hydrogens (tertiary/aromatic N) is 1. The van der Waals surface area contributed by atoms with Crippen molar-refractivity contribution < 1.29 is 4.92 Å². The molecule has 0 aromatic heterocycles. The fraction of sp³-hybridized carbons (Fsp3) is 1.00. The van der Waals surface area contributed by atoms with Crippen molar-refractivity contribution in [3.05, 3.63) is 10.1 Å². The third kappa shape index (κ3) is 2.31. The molecule has 0 aromatic rings. The molecule has 0 saturated carbocycles. The molecular weight excluding hydrogens is 132 g/mol. The first-order valence-electron chi connectivity index (χ1n) is 3.64. The van der Waals surface area contributed by atoms with Crippen LogP contribution in [0.5, 0.6) is 0 Å². The summed E-state index contributed by atoms with van der Waals surface area (Å²) in [5.41, 5.74) is 0. The molecule has 1 atom stereocenters. The standard InChI is InChI=1S/C6H12N2O2/c9-8(10)5-3-6-2-1-4-7-6/h6-7H,1-5H2. The molecule has 4 nitrogen and oxygen atoms in total. The van der Waals surface area contributed by atoms with Gasteiger partial charge in [-0.1, -0.05) is 0 Å². The van der Waals surface area contributed by atoms with Gasteiger partial charge in [0.05, 0.1) is 0 Å². The molecule has 1 rings (SSSR count). The average Bonchev–Trinajstić information content (AvgIpc) is 2.34. The molecule has 0 bridgehead atoms. The van der Waals surface area contributed by atoms with Crippen molar-refractivity contribution in [1.29, 1.82) is 0 Å². The molecule has 1 heterocycles. The van der Waals surface area contributed by atoms with E-state index < -0.39 is 0 Å². The van der Waals surface area contributed by atoms with Crippen molar-refractivity contribution in [2.75, 3.05) is 13.1 Å². The highest BCUT2D eigenvalue weighted by molar-refractivity contribution is 4.73. The number of hydrogen-bond acceptors (Lipinski definition) is 3. The Labute approximate surface area is 59.8 Å². The van der Waals surface area contributed by atoms with Crippen LogP contribution >= 0.6 is 0 Å². The van der Waals surface area contributed by atoms with Crippen molar-refractivity contribution in [3.63, 3.8) is 0 Å². The van der Waals surface area contributed by atoms with Crippen LogP contribution in [-0.2, 0) is 0 Å². The van der Waals surface area contributed by atoms with E-state index in [1.807, 2.05) is 0 Å². The Morgan fingerprint density at radius 2 is 2.50 bits per heavy atom. The van der Waals surface area contributed by atoms with Crippen LogP contribution < -0.4 is 5.32 Å². The zero-order valence-electron chi connectivity index (χ0n) is 5.88. The van der Waals surface area contributed by atoms with Crippen molar-refractivity contribution in [1.82, 2.24) is 5.32 Å². The summed E-state index contributed by atoms with van der Waals surface area (Å²) >= 11 is 0. The highest BCUT2D eigenvalue weighted by Crippen LogP contribution is 2.07. The minimum atomic E-state index is -0.250. The first-order valence-corrected chi connectivity index (χ1v) is 3.64. The average molecular weight is 144 g/mol. The van der Waals surface area contributed by atoms with E-state index in [9.17, 15) is 10.1 Å². The maximum atomic E-state index is 9.93. The highest BCUT2D eigenvalue weighted by atomic mass is 16.6. The highest BCUT2D eigenvalue weighted by Gasteiger charge is 2.15. The monoisotopic (exact) mass is 144 g/mol. The minimum absolute atomic E-state index is 0.109. The van der Waals surface area contributed by atoms with E-state index in [-0.39, 0.29) is 11.5 Å². The quantitative estimate of drug-likeness (QED) is 0.461. The molecule has 0 aliphatic carbocycles. The molecule has 1 aliphatic rings. The fourth-order valence-corrected chi connectivity index (χ4v) is 1.26. The Bertz CT molecular complexity index is 121. The summed E-state index contributed by atoms with van der Waals surface area (Å²) in [4.78, 5) is 9.68. The Balaban J connectivity index is 2.07. The smallest absolute Gasteiger partial charge is 0.205 e. The summed E-state index contributed by atoms with van der Waals surface area (Å²) in [7, 11) is 0. The second kappa shape index (κ2) is 3.51. The van der Waals surface area contributed by atoms with Crippen molar-refractivity contribution in [2.24, 2.45) is 0 Å². The zero-order valence-corrected chi connectivity index (χ0v) is 5.88. The van der Waals surface area contributed by atoms with Crippen LogP contribution in [0.4, 0.5) is 0 Å². The topological polar surface area (TPSA) is 55.2 Å². The normalized spacial score (nSPS) is 25.0. The Morgan fingerprint density at radius 1 is 1.70 bits per heavy atom. The molecule has 1 fully saturated rings. The maximum absolute atomic E-state index is 9.93. The summed E-state index contributed by atoms with van der Waals surface area (Å²) in [6.45, 7) is 1.14. The zero-order chi connectivity index (χ0) is 7.40. The number of nitrogens with one attached hydrogen (secondary N) is 1. The third-order valence-corrected chi connectivity index (χ3v) is 1.82. The second-order valence-corrected chi connectivity index (χ2v) is 2.64. The van der Waals surface area contributed by atoms with Crippen LogP contribution in [0.25, 0.3) is 0 Å². The number of hydrogen-bond donors (Lipinski definition) is 1. The van der Waals surface area contributed by atoms with Gasteiger partial charge in [0.15, 0.2) is 0 Å². The van der Waals surface area contributed by atoms with Gasteiger partial charge in [0.2, 0.25) is 6.54 Å². The van der Waals surface area contributed by atoms with Crippen LogP contribution in [0.15, 0.2) is 0 Å². The third-order valence-electron chi connectivity index (χ3n) is 1.82. The van der Waals surface area contributed by atoms with Gasteiger partial charge in [0.1, 0.15) is 0 Å². The van der Waals surface area contributed by atoms with E-state index in [1.165, 1.54) is 6.42 Å². The van der Waals surface area contributed by atoms with Gasteiger partial charge in [0.25, 0.3) is 0 Å². The van der Waals surface area contributed by atoms with E-state index in [4.69, 9.17) is 0 Å². The molecular formula is C6H12N2O2. The summed E-state index contributed by atoms with van der Waals surface area (Å²) < 4.78 is 0. The second-order valence-electron chi connectivity index (χ2n) is 2.64. The Morgan fingerprint density at radius 3 is 3.00 bits per heavy atom. The largest absolute Gasteiger partial charge is 0.314 e. The SMILES string of the molecule is O=[N+]([O-])CCC1CCCN1. The van der Waals surface area contributed by atoms with E-state index in [0.717, 1.165) is 13.0 Å². The van der Waals surface area contributed by atoms with Gasteiger partial charge in [-0.25, -0.2) is 0 Å². The summed E-state index contributed by atoms with van der Waals surface area (Å²) in [5, 5.41) is 13.1. The van der Waals surface area contributed by atoms with Gasteiger partial charge >= 0.3 is 0 Å². The molecule has 1 unspecified atom stereocenters. The molecule has 1 N–H and O–H groups in total. The lowest BCUT2D eigenvalue weighted by molar-refractivity contribution is -0.480. The van der Waals surface area contributed by atoms with Crippen LogP contribution in [0.1, 0.15) is 19.3 Å². The molecule has 4 heteroatoms. The van der Waals surface area contributed by atoms with Crippen LogP contribution in [-0.4, -0.2) is 24.1 Å². The molecule has 10 heavy (non-hydrogen) atoms. The minimum Gasteiger partial charge on any atom is -0.314 e. The predicted molar refractivity (Wildman–Crippen MR) is 37.5 cm³/mol. The van der Waals surface area contributed by atoms with E-state index in [1.54, 1.807) is 0 Å². The Kier molecular flexibility index (Phi) is 2.62. The molecule has 58 valence electrons. The lowest BCUT2D eigenvalue weighted by atomic mass is 10.2. The lowest BCUT2D eigenvalue weighted by Crippen LogP contribution is -2.23. The van der Waals surface area contributed by atoms with E-state index >= 15 is 0 Å². The van der Waals surface area contributed by atoms with Gasteiger partial charge in [0, 0.05) is 17.4 Å². The van der Waals surface area contributed by atoms with Gasteiger partial charge in [-0.3, -0.25) is 10.1 Å². The van der Waals surface area contributed by atoms with Gasteiger partial charge < -0.3 is 5.32 Å². The summed E-state index contributed by atoms with van der Waals surface area (Å²) in [5.74, 6) is 0. The predicted octanol–water partition coefficient (Wildman–Crippen LogP) is 0.405. The van der Waals surface area contributed by atoms with Crippen LogP contribution in [0.2, 0.25) is 0 Å². The summed E-state index contributed by atoms with van der Waals surface area (Å²) in [6, 6.07) is 0.408. The van der Waals surface area contributed by atoms with Gasteiger partial charge in [-0.2, -0.15) is 0 Å². The number of rotatable bonds is 3. The molecule has 1 saturated heterocycles. The van der Waals surface area contributed by atoms with Crippen LogP contribution in [0.3, 0.4) is 0 Å². The first kappa shape index (κ1) is 7.47. The van der Waals surface area contributed by atoms with Crippen LogP contribution in [0, 0.1) is 10.1 Å². The Hall–Kier alpha value is -0.640. The lowest BCUT2D eigenvalue weighted by Gasteiger charge is -2.04. The van der Waals surface area contributed by atoms with E-state index in [0.29, 0.717) is 12.5 Å². The van der Waals surface area contributed by atoms with Gasteiger partial charge in [-0.05, 0) is 19.4 Å². The molecule has 0 amide bonds. The maximum Gasteiger partial charge on any atom is 0.205 e. The van der Waals surface area contributed by atoms with Crippen molar-refractivity contribution >= 4 is 0 Å². The first-order chi connectivity index (χ1) is 4.79. The molecule has 0 radical (unpaired) electrons. The molecule has 0 spiro atoms. The number of nitro groups is 1. The fourth-order valence-electron chi connectivity index (χ4n) is 1.26. The van der Waals surface area contributed by atoms with Gasteiger partial charge in [-0.15, -0.1) is 0 Å². The summed E-state index contributed by atoms with van der Waals surface area (Å²) in [6.07, 6.45) is 2.96. The molecule has 0 aromatic carbocycles. The van der Waals surface area contributed by atoms with Crippen molar-refractivity contribution in [3.8, 4) is 0 Å². The van der Waals surface area contributed by atoms with Crippen molar-refractivity contribution in [2.45, 2.75) is 25.3 Å².